The molecule has 0 unspecified atom stereocenters. The van der Waals surface area contributed by atoms with Crippen LogP contribution in [0.4, 0.5) is 5.69 Å². The molecule has 0 bridgehead atoms. The van der Waals surface area contributed by atoms with Gasteiger partial charge in [-0.2, -0.15) is 0 Å². The fraction of sp³-hybridized carbons (Fsp3) is 0.267. The molecule has 2 N–H and O–H groups in total. The number of hydrogen-bond acceptors (Lipinski definition) is 3. The van der Waals surface area contributed by atoms with Crippen LogP contribution in [0.3, 0.4) is 0 Å². The quantitative estimate of drug-likeness (QED) is 0.669. The molecule has 5 nitrogen and oxygen atoms in total. The summed E-state index contributed by atoms with van der Waals surface area (Å²) in [5.41, 5.74) is 5.69. The summed E-state index contributed by atoms with van der Waals surface area (Å²) >= 11 is 5.89. The van der Waals surface area contributed by atoms with E-state index in [0.29, 0.717) is 18.5 Å². The van der Waals surface area contributed by atoms with Crippen molar-refractivity contribution in [3.8, 4) is 0 Å². The van der Waals surface area contributed by atoms with Gasteiger partial charge in [-0.05, 0) is 31.0 Å². The number of nitrogens with two attached hydrogens (primary N) is 1. The zero-order valence-electron chi connectivity index (χ0n) is 11.1. The van der Waals surface area contributed by atoms with E-state index < -0.39 is 5.91 Å². The highest BCUT2D eigenvalue weighted by Crippen LogP contribution is 2.38. The highest BCUT2D eigenvalue weighted by atomic mass is 35.5. The molecule has 108 valence electrons. The van der Waals surface area contributed by atoms with E-state index >= 15 is 0 Å². The maximum Gasteiger partial charge on any atom is 0.250 e. The van der Waals surface area contributed by atoms with Crippen molar-refractivity contribution in [3.05, 3.63) is 40.9 Å². The molecule has 0 spiro atoms. The van der Waals surface area contributed by atoms with E-state index in [1.165, 1.54) is 12.1 Å². The van der Waals surface area contributed by atoms with Gasteiger partial charge in [-0.15, -0.1) is 0 Å². The number of hydrogen-bond donors (Lipinski definition) is 1. The van der Waals surface area contributed by atoms with Gasteiger partial charge in [0.15, 0.2) is 0 Å². The Kier molecular flexibility index (Phi) is 3.29. The zero-order chi connectivity index (χ0) is 15.1. The van der Waals surface area contributed by atoms with Crippen molar-refractivity contribution in [2.24, 2.45) is 17.6 Å². The van der Waals surface area contributed by atoms with E-state index in [1.54, 1.807) is 6.07 Å². The lowest BCUT2D eigenvalue weighted by molar-refractivity contribution is -0.122. The van der Waals surface area contributed by atoms with Crippen molar-refractivity contribution < 1.29 is 14.4 Å². The first kappa shape index (κ1) is 13.8. The Balaban J connectivity index is 2.01. The fourth-order valence-corrected chi connectivity index (χ4v) is 3.11. The number of nitrogens with zero attached hydrogens (tertiary/aromatic N) is 1. The number of halogens is 1. The molecule has 3 rings (SSSR count). The first-order valence-corrected chi connectivity index (χ1v) is 7.00. The standard InChI is InChI=1S/C15H13ClN2O3/c16-12-6-5-8(7-11(12)13(17)19)18-14(20)9-3-1-2-4-10(9)15(18)21/h1-2,5-7,9-10H,3-4H2,(H2,17,19)/t9-,10+. The Morgan fingerprint density at radius 3 is 2.24 bits per heavy atom. The van der Waals surface area contributed by atoms with Gasteiger partial charge in [0.2, 0.25) is 17.7 Å². The third-order valence-electron chi connectivity index (χ3n) is 3.98. The Bertz CT molecular complexity index is 657. The van der Waals surface area contributed by atoms with Crippen molar-refractivity contribution >= 4 is 35.0 Å². The number of allylic oxidation sites excluding steroid dienone is 2. The number of benzene rings is 1. The van der Waals surface area contributed by atoms with Crippen molar-refractivity contribution in [3.63, 3.8) is 0 Å². The minimum Gasteiger partial charge on any atom is -0.366 e. The van der Waals surface area contributed by atoms with Crippen molar-refractivity contribution in [2.75, 3.05) is 4.90 Å². The molecule has 2 atom stereocenters. The van der Waals surface area contributed by atoms with Crippen LogP contribution < -0.4 is 10.6 Å². The van der Waals surface area contributed by atoms with Crippen molar-refractivity contribution in [1.29, 1.82) is 0 Å². The van der Waals surface area contributed by atoms with E-state index in [2.05, 4.69) is 0 Å². The number of imide groups is 1. The first-order chi connectivity index (χ1) is 10.0. The molecule has 0 saturated carbocycles. The monoisotopic (exact) mass is 304 g/mol. The average molecular weight is 305 g/mol. The maximum atomic E-state index is 12.4. The predicted molar refractivity (Wildman–Crippen MR) is 77.8 cm³/mol. The molecular formula is C15H13ClN2O3. The van der Waals surface area contributed by atoms with Crippen LogP contribution in [0.15, 0.2) is 30.4 Å². The lowest BCUT2D eigenvalue weighted by atomic mass is 9.85. The molecule has 1 heterocycles. The summed E-state index contributed by atoms with van der Waals surface area (Å²) < 4.78 is 0. The minimum absolute atomic E-state index is 0.0998. The number of carbonyl (C=O) groups is 3. The lowest BCUT2D eigenvalue weighted by Gasteiger charge is -2.16. The lowest BCUT2D eigenvalue weighted by Crippen LogP contribution is -2.31. The number of carbonyl (C=O) groups excluding carboxylic acids is 3. The van der Waals surface area contributed by atoms with Gasteiger partial charge in [0, 0.05) is 0 Å². The van der Waals surface area contributed by atoms with Gasteiger partial charge in [-0.3, -0.25) is 19.3 Å². The highest BCUT2D eigenvalue weighted by Gasteiger charge is 2.47. The molecule has 21 heavy (non-hydrogen) atoms. The molecular weight excluding hydrogens is 292 g/mol. The topological polar surface area (TPSA) is 80.5 Å². The van der Waals surface area contributed by atoms with Crippen LogP contribution in [0.5, 0.6) is 0 Å². The fourth-order valence-electron chi connectivity index (χ4n) is 2.90. The van der Waals surface area contributed by atoms with Crippen LogP contribution in [0.25, 0.3) is 0 Å². The molecule has 1 aromatic rings. The first-order valence-electron chi connectivity index (χ1n) is 6.63. The zero-order valence-corrected chi connectivity index (χ0v) is 11.8. The normalized spacial score (nSPS) is 24.3. The van der Waals surface area contributed by atoms with Crippen LogP contribution in [-0.2, 0) is 9.59 Å². The van der Waals surface area contributed by atoms with Crippen LogP contribution in [0, 0.1) is 11.8 Å². The van der Waals surface area contributed by atoms with Gasteiger partial charge in [-0.25, -0.2) is 0 Å². The second kappa shape index (κ2) is 5.00. The number of primary amides is 1. The van der Waals surface area contributed by atoms with Gasteiger partial charge in [-0.1, -0.05) is 23.8 Å². The molecule has 3 amide bonds. The second-order valence-electron chi connectivity index (χ2n) is 5.20. The molecule has 1 fully saturated rings. The Morgan fingerprint density at radius 1 is 1.14 bits per heavy atom. The minimum atomic E-state index is -0.694. The van der Waals surface area contributed by atoms with Gasteiger partial charge in [0.25, 0.3) is 0 Å². The summed E-state index contributed by atoms with van der Waals surface area (Å²) in [6, 6.07) is 4.42. The molecule has 1 aromatic carbocycles. The SMILES string of the molecule is NC(=O)c1cc(N2C(=O)[C@H]3CC=CC[C@H]3C2=O)ccc1Cl. The average Bonchev–Trinajstić information content (AvgIpc) is 2.72. The maximum absolute atomic E-state index is 12.4. The van der Waals surface area contributed by atoms with Crippen LogP contribution >= 0.6 is 11.6 Å². The van der Waals surface area contributed by atoms with E-state index in [-0.39, 0.29) is 34.2 Å². The smallest absolute Gasteiger partial charge is 0.250 e. The summed E-state index contributed by atoms with van der Waals surface area (Å²) in [4.78, 5) is 37.4. The van der Waals surface area contributed by atoms with Crippen LogP contribution in [-0.4, -0.2) is 17.7 Å². The van der Waals surface area contributed by atoms with Gasteiger partial charge in [0.1, 0.15) is 0 Å². The Morgan fingerprint density at radius 2 is 1.71 bits per heavy atom. The molecule has 1 aliphatic heterocycles. The van der Waals surface area contributed by atoms with Gasteiger partial charge in [0.05, 0.1) is 28.1 Å². The van der Waals surface area contributed by atoms with E-state index in [9.17, 15) is 14.4 Å². The third-order valence-corrected chi connectivity index (χ3v) is 4.31. The summed E-state index contributed by atoms with van der Waals surface area (Å²) in [5.74, 6) is -1.77. The van der Waals surface area contributed by atoms with Gasteiger partial charge < -0.3 is 5.73 Å². The summed E-state index contributed by atoms with van der Waals surface area (Å²) in [7, 11) is 0. The number of fused-ring (bicyclic) bond motifs is 1. The molecule has 1 aliphatic carbocycles. The Labute approximate surface area is 126 Å². The summed E-state index contributed by atoms with van der Waals surface area (Å²) in [5, 5.41) is 0.199. The third kappa shape index (κ3) is 2.14. The predicted octanol–water partition coefficient (Wildman–Crippen LogP) is 1.89. The number of rotatable bonds is 2. The molecule has 2 aliphatic rings. The van der Waals surface area contributed by atoms with Crippen LogP contribution in [0.1, 0.15) is 23.2 Å². The molecule has 0 aromatic heterocycles. The number of anilines is 1. The van der Waals surface area contributed by atoms with Crippen molar-refractivity contribution in [1.82, 2.24) is 0 Å². The van der Waals surface area contributed by atoms with Gasteiger partial charge >= 0.3 is 0 Å². The number of amides is 3. The van der Waals surface area contributed by atoms with E-state index in [4.69, 9.17) is 17.3 Å². The second-order valence-corrected chi connectivity index (χ2v) is 5.60. The molecule has 0 radical (unpaired) electrons. The van der Waals surface area contributed by atoms with Crippen LogP contribution in [0.2, 0.25) is 5.02 Å². The van der Waals surface area contributed by atoms with Crippen molar-refractivity contribution in [2.45, 2.75) is 12.8 Å². The highest BCUT2D eigenvalue weighted by molar-refractivity contribution is 6.34. The van der Waals surface area contributed by atoms with E-state index in [1.807, 2.05) is 12.2 Å². The largest absolute Gasteiger partial charge is 0.366 e. The molecule has 1 saturated heterocycles. The summed E-state index contributed by atoms with van der Waals surface area (Å²) in [6.45, 7) is 0. The Hall–Kier alpha value is -2.14. The van der Waals surface area contributed by atoms with E-state index in [0.717, 1.165) is 4.90 Å². The molecule has 6 heteroatoms. The summed E-state index contributed by atoms with van der Waals surface area (Å²) in [6.07, 6.45) is 4.99.